The van der Waals surface area contributed by atoms with Crippen LogP contribution < -0.4 is 15.0 Å². The molecule has 4 aromatic rings. The summed E-state index contributed by atoms with van der Waals surface area (Å²) in [6.07, 6.45) is 3.12. The summed E-state index contributed by atoms with van der Waals surface area (Å²) >= 11 is 11.1. The van der Waals surface area contributed by atoms with Gasteiger partial charge in [-0.05, 0) is 85.0 Å². The SMILES string of the molecule is O=c1[nH]c(=S)n(-c2ccc(Oc3ccccc3)cc2)c(O)c1C=CCOc1ccc(Cl)cc1. The maximum atomic E-state index is 12.4. The van der Waals surface area contributed by atoms with Gasteiger partial charge in [0.25, 0.3) is 5.56 Å². The highest BCUT2D eigenvalue weighted by atomic mass is 35.5. The first-order valence-corrected chi connectivity index (χ1v) is 10.8. The van der Waals surface area contributed by atoms with Crippen LogP contribution in [0.25, 0.3) is 11.8 Å². The Bertz CT molecular complexity index is 1380. The molecule has 1 heterocycles. The standard InChI is InChI=1S/C25H19ClN2O4S/c26-17-8-12-19(13-9-17)31-16-4-7-22-23(29)27-25(33)28(24(22)30)18-10-14-21(15-11-18)32-20-5-2-1-3-6-20/h1-15,30H,16H2,(H,27,29,33). The smallest absolute Gasteiger partial charge is 0.262 e. The molecule has 0 spiro atoms. The second-order valence-electron chi connectivity index (χ2n) is 6.91. The van der Waals surface area contributed by atoms with Crippen LogP contribution in [0.15, 0.2) is 89.7 Å². The molecule has 1 aromatic heterocycles. The molecule has 0 saturated carbocycles. The molecule has 166 valence electrons. The van der Waals surface area contributed by atoms with E-state index in [1.807, 2.05) is 30.3 Å². The van der Waals surface area contributed by atoms with Crippen LogP contribution in [0, 0.1) is 4.77 Å². The third kappa shape index (κ3) is 5.52. The molecule has 3 aromatic carbocycles. The summed E-state index contributed by atoms with van der Waals surface area (Å²) in [6, 6.07) is 23.3. The van der Waals surface area contributed by atoms with Crippen molar-refractivity contribution < 1.29 is 14.6 Å². The van der Waals surface area contributed by atoms with E-state index in [0.717, 1.165) is 0 Å². The molecular formula is C25H19ClN2O4S. The molecule has 8 heteroatoms. The molecule has 0 bridgehead atoms. The predicted octanol–water partition coefficient (Wildman–Crippen LogP) is 6.14. The summed E-state index contributed by atoms with van der Waals surface area (Å²) in [7, 11) is 0. The summed E-state index contributed by atoms with van der Waals surface area (Å²) < 4.78 is 12.8. The van der Waals surface area contributed by atoms with E-state index < -0.39 is 5.56 Å². The normalized spacial score (nSPS) is 10.9. The minimum Gasteiger partial charge on any atom is -0.494 e. The third-order valence-corrected chi connectivity index (χ3v) is 5.18. The number of nitrogens with one attached hydrogen (secondary N) is 1. The summed E-state index contributed by atoms with van der Waals surface area (Å²) in [5.74, 6) is 1.70. The minimum absolute atomic E-state index is 0.0629. The van der Waals surface area contributed by atoms with Crippen molar-refractivity contribution in [3.8, 4) is 28.8 Å². The van der Waals surface area contributed by atoms with Gasteiger partial charge in [-0.25, -0.2) is 0 Å². The Morgan fingerprint density at radius 1 is 0.939 bits per heavy atom. The number of aromatic nitrogens is 2. The van der Waals surface area contributed by atoms with Gasteiger partial charge < -0.3 is 14.6 Å². The Morgan fingerprint density at radius 3 is 2.27 bits per heavy atom. The maximum Gasteiger partial charge on any atom is 0.262 e. The number of para-hydroxylation sites is 1. The third-order valence-electron chi connectivity index (χ3n) is 4.64. The fourth-order valence-electron chi connectivity index (χ4n) is 3.06. The van der Waals surface area contributed by atoms with Crippen LogP contribution in [-0.4, -0.2) is 21.3 Å². The van der Waals surface area contributed by atoms with Crippen LogP contribution in [0.4, 0.5) is 0 Å². The van der Waals surface area contributed by atoms with Gasteiger partial charge >= 0.3 is 0 Å². The Labute approximate surface area is 200 Å². The number of hydrogen-bond donors (Lipinski definition) is 2. The van der Waals surface area contributed by atoms with Crippen LogP contribution in [0.1, 0.15) is 5.56 Å². The number of aromatic hydroxyl groups is 1. The average molecular weight is 479 g/mol. The van der Waals surface area contributed by atoms with Crippen molar-refractivity contribution in [2.45, 2.75) is 0 Å². The highest BCUT2D eigenvalue weighted by Gasteiger charge is 2.12. The molecule has 0 aliphatic carbocycles. The van der Waals surface area contributed by atoms with Gasteiger partial charge in [-0.1, -0.05) is 29.8 Å². The lowest BCUT2D eigenvalue weighted by atomic mass is 10.2. The molecule has 0 fully saturated rings. The Morgan fingerprint density at radius 2 is 1.58 bits per heavy atom. The summed E-state index contributed by atoms with van der Waals surface area (Å²) in [5, 5.41) is 11.4. The zero-order valence-electron chi connectivity index (χ0n) is 17.3. The van der Waals surface area contributed by atoms with Crippen molar-refractivity contribution in [2.75, 3.05) is 6.61 Å². The van der Waals surface area contributed by atoms with Crippen molar-refractivity contribution >= 4 is 29.9 Å². The zero-order chi connectivity index (χ0) is 23.2. The molecule has 0 saturated heterocycles. The number of rotatable bonds is 7. The van der Waals surface area contributed by atoms with Crippen LogP contribution in [-0.2, 0) is 0 Å². The largest absolute Gasteiger partial charge is 0.494 e. The molecule has 6 nitrogen and oxygen atoms in total. The molecule has 0 aliphatic heterocycles. The zero-order valence-corrected chi connectivity index (χ0v) is 18.8. The average Bonchev–Trinajstić information content (AvgIpc) is 2.81. The van der Waals surface area contributed by atoms with Crippen molar-refractivity contribution in [3.63, 3.8) is 0 Å². The van der Waals surface area contributed by atoms with Crippen molar-refractivity contribution in [2.24, 2.45) is 0 Å². The van der Waals surface area contributed by atoms with Crippen LogP contribution >= 0.6 is 23.8 Å². The number of H-pyrrole nitrogens is 1. The first-order chi connectivity index (χ1) is 16.0. The monoisotopic (exact) mass is 478 g/mol. The molecule has 0 atom stereocenters. The Hall–Kier alpha value is -3.81. The summed E-state index contributed by atoms with van der Waals surface area (Å²) in [6.45, 7) is 0.196. The number of halogens is 1. The van der Waals surface area contributed by atoms with Gasteiger partial charge in [0.2, 0.25) is 5.88 Å². The Balaban J connectivity index is 1.54. The molecule has 4 rings (SSSR count). The van der Waals surface area contributed by atoms with E-state index >= 15 is 0 Å². The first-order valence-electron chi connectivity index (χ1n) is 9.98. The van der Waals surface area contributed by atoms with Crippen LogP contribution in [0.2, 0.25) is 5.02 Å². The summed E-state index contributed by atoms with van der Waals surface area (Å²) in [4.78, 5) is 15.0. The van der Waals surface area contributed by atoms with E-state index in [1.54, 1.807) is 54.6 Å². The highest BCUT2D eigenvalue weighted by Crippen LogP contribution is 2.25. The van der Waals surface area contributed by atoms with E-state index in [2.05, 4.69) is 4.98 Å². The molecule has 0 radical (unpaired) electrons. The Kier molecular flexibility index (Phi) is 6.92. The van der Waals surface area contributed by atoms with Crippen molar-refractivity contribution in [3.05, 3.63) is 111 Å². The van der Waals surface area contributed by atoms with E-state index in [4.69, 9.17) is 33.3 Å². The van der Waals surface area contributed by atoms with Gasteiger partial charge in [0.05, 0.1) is 5.69 Å². The number of benzene rings is 3. The highest BCUT2D eigenvalue weighted by molar-refractivity contribution is 7.71. The fourth-order valence-corrected chi connectivity index (χ4v) is 3.47. The number of hydrogen-bond acceptors (Lipinski definition) is 5. The van der Waals surface area contributed by atoms with Gasteiger partial charge in [-0.3, -0.25) is 14.3 Å². The minimum atomic E-state index is -0.500. The van der Waals surface area contributed by atoms with Gasteiger partial charge in [0, 0.05) is 5.02 Å². The second kappa shape index (κ2) is 10.2. The van der Waals surface area contributed by atoms with E-state index in [1.165, 1.54) is 10.6 Å². The quantitative estimate of drug-likeness (QED) is 0.312. The van der Waals surface area contributed by atoms with Gasteiger partial charge in [-0.15, -0.1) is 0 Å². The van der Waals surface area contributed by atoms with E-state index in [9.17, 15) is 9.90 Å². The lowest BCUT2D eigenvalue weighted by Crippen LogP contribution is -2.16. The predicted molar refractivity (Wildman–Crippen MR) is 131 cm³/mol. The molecule has 0 amide bonds. The molecule has 2 N–H and O–H groups in total. The lowest BCUT2D eigenvalue weighted by molar-refractivity contribution is 0.363. The van der Waals surface area contributed by atoms with E-state index in [0.29, 0.717) is 28.0 Å². The van der Waals surface area contributed by atoms with E-state index in [-0.39, 0.29) is 22.8 Å². The topological polar surface area (TPSA) is 76.5 Å². The lowest BCUT2D eigenvalue weighted by Gasteiger charge is -2.12. The van der Waals surface area contributed by atoms with Gasteiger partial charge in [0.15, 0.2) is 4.77 Å². The molecule has 0 unspecified atom stereocenters. The number of ether oxygens (including phenoxy) is 2. The van der Waals surface area contributed by atoms with Crippen LogP contribution in [0.5, 0.6) is 23.1 Å². The molecule has 0 aliphatic rings. The van der Waals surface area contributed by atoms with Gasteiger partial charge in [-0.2, -0.15) is 0 Å². The van der Waals surface area contributed by atoms with Crippen molar-refractivity contribution in [1.82, 2.24) is 9.55 Å². The first kappa shape index (κ1) is 22.4. The van der Waals surface area contributed by atoms with Gasteiger partial charge in [0.1, 0.15) is 29.4 Å². The fraction of sp³-hybridized carbons (Fsp3) is 0.0400. The molecular weight excluding hydrogens is 460 g/mol. The number of aromatic amines is 1. The van der Waals surface area contributed by atoms with Crippen molar-refractivity contribution in [1.29, 1.82) is 0 Å². The summed E-state index contributed by atoms with van der Waals surface area (Å²) in [5.41, 5.74) is 0.134. The second-order valence-corrected chi connectivity index (χ2v) is 7.73. The van der Waals surface area contributed by atoms with Crippen LogP contribution in [0.3, 0.4) is 0 Å². The number of nitrogens with zero attached hydrogens (tertiary/aromatic N) is 1. The maximum absolute atomic E-state index is 12.4. The molecule has 33 heavy (non-hydrogen) atoms.